The highest BCUT2D eigenvalue weighted by molar-refractivity contribution is 7.80. The van der Waals surface area contributed by atoms with Crippen LogP contribution in [0.1, 0.15) is 19.4 Å². The smallest absolute Gasteiger partial charge is 0.252 e. The summed E-state index contributed by atoms with van der Waals surface area (Å²) in [5.74, 6) is -0.132. The van der Waals surface area contributed by atoms with Crippen molar-refractivity contribution < 1.29 is 9.53 Å². The van der Waals surface area contributed by atoms with E-state index in [2.05, 4.69) is 0 Å². The first-order valence-electron chi connectivity index (χ1n) is 5.70. The van der Waals surface area contributed by atoms with Crippen LogP contribution >= 0.6 is 12.2 Å². The molecule has 0 fully saturated rings. The number of ether oxygens (including phenoxy) is 1. The number of carbonyl (C=O) groups is 1. The fraction of sp³-hybridized carbons (Fsp3) is 0.385. The molecule has 1 aromatic carbocycles. The molecule has 0 aliphatic carbocycles. The lowest BCUT2D eigenvalue weighted by atomic mass is 10.1. The molecule has 5 heteroatoms. The Hall–Kier alpha value is -1.46. The number of anilines is 1. The lowest BCUT2D eigenvalue weighted by molar-refractivity contribution is -0.124. The Kier molecular flexibility index (Phi) is 5.25. The van der Waals surface area contributed by atoms with Crippen molar-refractivity contribution in [1.29, 1.82) is 0 Å². The van der Waals surface area contributed by atoms with Crippen LogP contribution in [0.3, 0.4) is 0 Å². The van der Waals surface area contributed by atoms with E-state index in [1.54, 1.807) is 13.1 Å². The van der Waals surface area contributed by atoms with Gasteiger partial charge >= 0.3 is 0 Å². The number of para-hydroxylation sites is 1. The van der Waals surface area contributed by atoms with Gasteiger partial charge in [0, 0.05) is 12.6 Å². The molecule has 0 spiro atoms. The summed E-state index contributed by atoms with van der Waals surface area (Å²) in [4.78, 5) is 13.7. The van der Waals surface area contributed by atoms with Gasteiger partial charge < -0.3 is 15.4 Å². The Morgan fingerprint density at radius 1 is 1.44 bits per heavy atom. The normalized spacial score (nSPS) is 10.4. The van der Waals surface area contributed by atoms with Crippen LogP contribution in [0.25, 0.3) is 0 Å². The number of rotatable bonds is 5. The van der Waals surface area contributed by atoms with Crippen molar-refractivity contribution in [3.8, 4) is 0 Å². The van der Waals surface area contributed by atoms with E-state index >= 15 is 0 Å². The van der Waals surface area contributed by atoms with Crippen molar-refractivity contribution in [2.24, 2.45) is 5.73 Å². The van der Waals surface area contributed by atoms with E-state index in [4.69, 9.17) is 22.7 Å². The SMILES string of the molecule is CC(C)OCC(=O)N(C)c1ccccc1C(N)=S. The summed E-state index contributed by atoms with van der Waals surface area (Å²) in [6.45, 7) is 3.81. The molecule has 4 nitrogen and oxygen atoms in total. The highest BCUT2D eigenvalue weighted by Gasteiger charge is 2.15. The van der Waals surface area contributed by atoms with Gasteiger partial charge in [0.1, 0.15) is 11.6 Å². The predicted molar refractivity (Wildman–Crippen MR) is 76.8 cm³/mol. The van der Waals surface area contributed by atoms with Crippen LogP contribution in [-0.4, -0.2) is 30.7 Å². The number of amides is 1. The van der Waals surface area contributed by atoms with Crippen LogP contribution in [0.5, 0.6) is 0 Å². The highest BCUT2D eigenvalue weighted by Crippen LogP contribution is 2.19. The molecule has 1 aromatic rings. The van der Waals surface area contributed by atoms with Crippen LogP contribution in [0, 0.1) is 0 Å². The van der Waals surface area contributed by atoms with Gasteiger partial charge in [0.25, 0.3) is 5.91 Å². The zero-order chi connectivity index (χ0) is 13.7. The molecule has 0 atom stereocenters. The minimum absolute atomic E-state index is 0.0215. The van der Waals surface area contributed by atoms with Gasteiger partial charge in [-0.3, -0.25) is 4.79 Å². The lowest BCUT2D eigenvalue weighted by Crippen LogP contribution is -2.32. The monoisotopic (exact) mass is 266 g/mol. The van der Waals surface area contributed by atoms with Gasteiger partial charge in [0.15, 0.2) is 0 Å². The highest BCUT2D eigenvalue weighted by atomic mass is 32.1. The van der Waals surface area contributed by atoms with Gasteiger partial charge in [-0.25, -0.2) is 0 Å². The van der Waals surface area contributed by atoms with Crippen LogP contribution in [-0.2, 0) is 9.53 Å². The largest absolute Gasteiger partial charge is 0.389 e. The molecule has 0 radical (unpaired) electrons. The summed E-state index contributed by atoms with van der Waals surface area (Å²) in [6.07, 6.45) is 0.0215. The predicted octanol–water partition coefficient (Wildman–Crippen LogP) is 1.71. The van der Waals surface area contributed by atoms with Crippen molar-refractivity contribution in [3.05, 3.63) is 29.8 Å². The summed E-state index contributed by atoms with van der Waals surface area (Å²) in [5, 5.41) is 0. The van der Waals surface area contributed by atoms with Gasteiger partial charge in [-0.15, -0.1) is 0 Å². The Morgan fingerprint density at radius 3 is 2.61 bits per heavy atom. The molecular weight excluding hydrogens is 248 g/mol. The summed E-state index contributed by atoms with van der Waals surface area (Å²) in [5.41, 5.74) is 7.02. The molecule has 98 valence electrons. The second-order valence-corrected chi connectivity index (χ2v) is 4.63. The second kappa shape index (κ2) is 6.47. The van der Waals surface area contributed by atoms with Gasteiger partial charge in [-0.05, 0) is 26.0 Å². The fourth-order valence-electron chi connectivity index (χ4n) is 1.44. The molecule has 0 aliphatic heterocycles. The Labute approximate surface area is 113 Å². The van der Waals surface area contributed by atoms with Gasteiger partial charge in [0.05, 0.1) is 11.8 Å². The average Bonchev–Trinajstić information content (AvgIpc) is 2.34. The van der Waals surface area contributed by atoms with Crippen molar-refractivity contribution in [2.45, 2.75) is 20.0 Å². The van der Waals surface area contributed by atoms with Crippen LogP contribution in [0.2, 0.25) is 0 Å². The van der Waals surface area contributed by atoms with Crippen molar-refractivity contribution in [3.63, 3.8) is 0 Å². The van der Waals surface area contributed by atoms with Crippen molar-refractivity contribution in [1.82, 2.24) is 0 Å². The number of thiocarbonyl (C=S) groups is 1. The first kappa shape index (κ1) is 14.6. The molecule has 0 saturated heterocycles. The molecule has 0 bridgehead atoms. The quantitative estimate of drug-likeness (QED) is 0.824. The summed E-state index contributed by atoms with van der Waals surface area (Å²) >= 11 is 4.97. The zero-order valence-corrected chi connectivity index (χ0v) is 11.7. The van der Waals surface area contributed by atoms with Gasteiger partial charge in [-0.1, -0.05) is 24.4 Å². The Balaban J connectivity index is 2.86. The molecule has 1 rings (SSSR count). The number of nitrogens with two attached hydrogens (primary N) is 1. The fourth-order valence-corrected chi connectivity index (χ4v) is 1.62. The lowest BCUT2D eigenvalue weighted by Gasteiger charge is -2.20. The van der Waals surface area contributed by atoms with Gasteiger partial charge in [-0.2, -0.15) is 0 Å². The maximum atomic E-state index is 11.9. The van der Waals surface area contributed by atoms with E-state index in [1.165, 1.54) is 4.90 Å². The van der Waals surface area contributed by atoms with E-state index in [0.717, 1.165) is 0 Å². The number of hydrogen-bond acceptors (Lipinski definition) is 3. The maximum Gasteiger partial charge on any atom is 0.252 e. The third kappa shape index (κ3) is 3.78. The van der Waals surface area contributed by atoms with Gasteiger partial charge in [0.2, 0.25) is 0 Å². The van der Waals surface area contributed by atoms with E-state index in [1.807, 2.05) is 32.0 Å². The number of likely N-dealkylation sites (N-methyl/N-ethyl adjacent to an activating group) is 1. The Bertz CT molecular complexity index is 446. The average molecular weight is 266 g/mol. The summed E-state index contributed by atoms with van der Waals surface area (Å²) < 4.78 is 5.29. The zero-order valence-electron chi connectivity index (χ0n) is 10.8. The molecule has 0 aromatic heterocycles. The van der Waals surface area contributed by atoms with Crippen LogP contribution in [0.15, 0.2) is 24.3 Å². The van der Waals surface area contributed by atoms with E-state index in [-0.39, 0.29) is 23.6 Å². The molecule has 0 heterocycles. The molecule has 0 aliphatic rings. The molecule has 0 saturated carbocycles. The molecule has 2 N–H and O–H groups in total. The van der Waals surface area contributed by atoms with Crippen molar-refractivity contribution in [2.75, 3.05) is 18.6 Å². The van der Waals surface area contributed by atoms with Crippen LogP contribution < -0.4 is 10.6 Å². The van der Waals surface area contributed by atoms with E-state index in [9.17, 15) is 4.79 Å². The van der Waals surface area contributed by atoms with Crippen molar-refractivity contribution >= 4 is 28.8 Å². The summed E-state index contributed by atoms with van der Waals surface area (Å²) in [6, 6.07) is 7.28. The Morgan fingerprint density at radius 2 is 2.06 bits per heavy atom. The molecule has 1 amide bonds. The number of nitrogens with zero attached hydrogens (tertiary/aromatic N) is 1. The minimum Gasteiger partial charge on any atom is -0.389 e. The number of benzene rings is 1. The minimum atomic E-state index is -0.132. The third-order valence-electron chi connectivity index (χ3n) is 2.45. The standard InChI is InChI=1S/C13H18N2O2S/c1-9(2)17-8-12(16)15(3)11-7-5-4-6-10(11)13(14)18/h4-7,9H,8H2,1-3H3,(H2,14,18). The van der Waals surface area contributed by atoms with E-state index in [0.29, 0.717) is 11.3 Å². The number of hydrogen-bond donors (Lipinski definition) is 1. The second-order valence-electron chi connectivity index (χ2n) is 4.19. The molecule has 0 unspecified atom stereocenters. The number of carbonyl (C=O) groups excluding carboxylic acids is 1. The molecule has 18 heavy (non-hydrogen) atoms. The third-order valence-corrected chi connectivity index (χ3v) is 2.67. The maximum absolute atomic E-state index is 11.9. The van der Waals surface area contributed by atoms with Crippen LogP contribution in [0.4, 0.5) is 5.69 Å². The van der Waals surface area contributed by atoms with E-state index < -0.39 is 0 Å². The first-order chi connectivity index (χ1) is 8.43. The topological polar surface area (TPSA) is 55.6 Å². The molecular formula is C13H18N2O2S. The first-order valence-corrected chi connectivity index (χ1v) is 6.11. The summed E-state index contributed by atoms with van der Waals surface area (Å²) in [7, 11) is 1.68.